The van der Waals surface area contributed by atoms with Crippen molar-refractivity contribution in [3.05, 3.63) is 63.6 Å². The predicted molar refractivity (Wildman–Crippen MR) is 74.8 cm³/mol. The molecule has 0 aromatic heterocycles. The Hall–Kier alpha value is -1.75. The van der Waals surface area contributed by atoms with E-state index in [0.29, 0.717) is 15.6 Å². The lowest BCUT2D eigenvalue weighted by molar-refractivity contribution is 0.101. The van der Waals surface area contributed by atoms with Crippen molar-refractivity contribution in [2.45, 2.75) is 13.5 Å². The first kappa shape index (κ1) is 14.7. The minimum Gasteiger partial charge on any atom is -0.488 e. The van der Waals surface area contributed by atoms with Gasteiger partial charge in [0, 0.05) is 10.5 Å². The van der Waals surface area contributed by atoms with Gasteiger partial charge < -0.3 is 4.74 Å². The highest BCUT2D eigenvalue weighted by atomic mass is 79.9. The summed E-state index contributed by atoms with van der Waals surface area (Å²) in [5.74, 6) is -0.965. The molecule has 0 radical (unpaired) electrons. The second-order valence-electron chi connectivity index (χ2n) is 4.26. The molecular formula is C15H11BrF2O2. The van der Waals surface area contributed by atoms with Crippen LogP contribution in [-0.4, -0.2) is 5.78 Å². The van der Waals surface area contributed by atoms with E-state index in [0.717, 1.165) is 6.07 Å². The summed E-state index contributed by atoms with van der Waals surface area (Å²) in [5, 5.41) is 0. The van der Waals surface area contributed by atoms with E-state index in [1.807, 2.05) is 0 Å². The number of halogens is 3. The lowest BCUT2D eigenvalue weighted by Gasteiger charge is -2.10. The molecule has 2 aromatic rings. The molecule has 0 saturated heterocycles. The molecule has 2 aromatic carbocycles. The molecule has 0 unspecified atom stereocenters. The monoisotopic (exact) mass is 340 g/mol. The van der Waals surface area contributed by atoms with Crippen LogP contribution in [0.1, 0.15) is 22.8 Å². The van der Waals surface area contributed by atoms with Crippen LogP contribution in [-0.2, 0) is 6.61 Å². The molecule has 0 amide bonds. The Morgan fingerprint density at radius 2 is 1.90 bits per heavy atom. The first-order valence-corrected chi connectivity index (χ1v) is 6.63. The molecule has 0 N–H and O–H groups in total. The third-order valence-corrected chi connectivity index (χ3v) is 3.10. The van der Waals surface area contributed by atoms with Gasteiger partial charge in [-0.25, -0.2) is 8.78 Å². The average Bonchev–Trinajstić information content (AvgIpc) is 2.35. The fourth-order valence-electron chi connectivity index (χ4n) is 1.76. The molecule has 0 aliphatic rings. The lowest BCUT2D eigenvalue weighted by atomic mass is 10.1. The highest BCUT2D eigenvalue weighted by molar-refractivity contribution is 9.10. The van der Waals surface area contributed by atoms with E-state index < -0.39 is 11.6 Å². The molecule has 0 heterocycles. The van der Waals surface area contributed by atoms with Crippen LogP contribution in [0.5, 0.6) is 5.75 Å². The lowest BCUT2D eigenvalue weighted by Crippen LogP contribution is -2.02. The van der Waals surface area contributed by atoms with Crippen LogP contribution in [0.2, 0.25) is 0 Å². The van der Waals surface area contributed by atoms with Crippen molar-refractivity contribution in [1.82, 2.24) is 0 Å². The van der Waals surface area contributed by atoms with Gasteiger partial charge >= 0.3 is 0 Å². The molecule has 0 aliphatic carbocycles. The van der Waals surface area contributed by atoms with Crippen LogP contribution in [0, 0.1) is 11.6 Å². The van der Waals surface area contributed by atoms with Crippen molar-refractivity contribution in [2.24, 2.45) is 0 Å². The second kappa shape index (κ2) is 6.13. The molecule has 104 valence electrons. The van der Waals surface area contributed by atoms with Crippen molar-refractivity contribution >= 4 is 21.7 Å². The van der Waals surface area contributed by atoms with E-state index in [9.17, 15) is 13.6 Å². The van der Waals surface area contributed by atoms with Crippen LogP contribution in [0.15, 0.2) is 40.9 Å². The summed E-state index contributed by atoms with van der Waals surface area (Å²) < 4.78 is 32.4. The van der Waals surface area contributed by atoms with E-state index in [1.165, 1.54) is 31.2 Å². The third-order valence-electron chi connectivity index (χ3n) is 2.64. The van der Waals surface area contributed by atoms with Gasteiger partial charge in [-0.05, 0) is 42.8 Å². The van der Waals surface area contributed by atoms with Crippen LogP contribution in [0.4, 0.5) is 8.78 Å². The minimum absolute atomic E-state index is 0.0418. The molecule has 0 spiro atoms. The molecule has 0 aliphatic heterocycles. The third kappa shape index (κ3) is 3.63. The van der Waals surface area contributed by atoms with Crippen molar-refractivity contribution < 1.29 is 18.3 Å². The quantitative estimate of drug-likeness (QED) is 0.765. The predicted octanol–water partition coefficient (Wildman–Crippen LogP) is 4.51. The maximum absolute atomic E-state index is 13.2. The minimum atomic E-state index is -0.495. The van der Waals surface area contributed by atoms with Crippen LogP contribution >= 0.6 is 15.9 Å². The molecule has 0 saturated carbocycles. The molecule has 5 heteroatoms. The molecule has 2 rings (SSSR count). The largest absolute Gasteiger partial charge is 0.488 e. The number of hydrogen-bond donors (Lipinski definition) is 0. The van der Waals surface area contributed by atoms with Crippen molar-refractivity contribution in [3.63, 3.8) is 0 Å². The summed E-state index contributed by atoms with van der Waals surface area (Å²) in [4.78, 5) is 11.4. The number of carbonyl (C=O) groups excluding carboxylic acids is 1. The van der Waals surface area contributed by atoms with E-state index in [1.54, 1.807) is 6.07 Å². The molecule has 0 bridgehead atoms. The summed E-state index contributed by atoms with van der Waals surface area (Å²) >= 11 is 3.18. The Kier molecular flexibility index (Phi) is 4.49. The zero-order valence-corrected chi connectivity index (χ0v) is 12.2. The Labute approximate surface area is 123 Å². The zero-order chi connectivity index (χ0) is 14.7. The number of ketones is 1. The standard InChI is InChI=1S/C15H11BrF2O2/c1-9(19)14-3-2-12(17)7-15(14)20-8-10-4-11(16)6-13(18)5-10/h2-7H,8H2,1H3. The van der Waals surface area contributed by atoms with Crippen LogP contribution < -0.4 is 4.74 Å². The number of carbonyl (C=O) groups is 1. The van der Waals surface area contributed by atoms with Gasteiger partial charge in [0.2, 0.25) is 0 Å². The van der Waals surface area contributed by atoms with E-state index in [4.69, 9.17) is 4.74 Å². The fraction of sp³-hybridized carbons (Fsp3) is 0.133. The fourth-order valence-corrected chi connectivity index (χ4v) is 2.27. The highest BCUT2D eigenvalue weighted by Crippen LogP contribution is 2.23. The second-order valence-corrected chi connectivity index (χ2v) is 5.18. The first-order chi connectivity index (χ1) is 9.45. The molecule has 2 nitrogen and oxygen atoms in total. The van der Waals surface area contributed by atoms with Gasteiger partial charge in [-0.2, -0.15) is 0 Å². The molecule has 0 atom stereocenters. The summed E-state index contributed by atoms with van der Waals surface area (Å²) in [6.07, 6.45) is 0. The first-order valence-electron chi connectivity index (χ1n) is 5.84. The Morgan fingerprint density at radius 1 is 1.15 bits per heavy atom. The Bertz CT molecular complexity index is 636. The molecule has 0 fully saturated rings. The van der Waals surface area contributed by atoms with Gasteiger partial charge in [-0.15, -0.1) is 0 Å². The number of hydrogen-bond acceptors (Lipinski definition) is 2. The number of benzene rings is 2. The normalized spacial score (nSPS) is 10.4. The SMILES string of the molecule is CC(=O)c1ccc(F)cc1OCc1cc(F)cc(Br)c1. The number of rotatable bonds is 4. The zero-order valence-electron chi connectivity index (χ0n) is 10.6. The van der Waals surface area contributed by atoms with Gasteiger partial charge in [-0.3, -0.25) is 4.79 Å². The van der Waals surface area contributed by atoms with Gasteiger partial charge in [0.1, 0.15) is 24.0 Å². The average molecular weight is 341 g/mol. The summed E-state index contributed by atoms with van der Waals surface area (Å²) in [5.41, 5.74) is 0.873. The Balaban J connectivity index is 2.22. The molecule has 20 heavy (non-hydrogen) atoms. The van der Waals surface area contributed by atoms with Gasteiger partial charge in [0.05, 0.1) is 5.56 Å². The summed E-state index contributed by atoms with van der Waals surface area (Å²) in [6.45, 7) is 1.42. The van der Waals surface area contributed by atoms with Crippen LogP contribution in [0.3, 0.4) is 0 Å². The van der Waals surface area contributed by atoms with Gasteiger partial charge in [-0.1, -0.05) is 15.9 Å². The van der Waals surface area contributed by atoms with E-state index in [2.05, 4.69) is 15.9 Å². The van der Waals surface area contributed by atoms with Gasteiger partial charge in [0.25, 0.3) is 0 Å². The van der Waals surface area contributed by atoms with Crippen molar-refractivity contribution in [2.75, 3.05) is 0 Å². The van der Waals surface area contributed by atoms with Crippen molar-refractivity contribution in [1.29, 1.82) is 0 Å². The summed E-state index contributed by atoms with van der Waals surface area (Å²) in [6, 6.07) is 8.04. The van der Waals surface area contributed by atoms with E-state index in [-0.39, 0.29) is 18.1 Å². The maximum atomic E-state index is 13.2. The van der Waals surface area contributed by atoms with Crippen LogP contribution in [0.25, 0.3) is 0 Å². The topological polar surface area (TPSA) is 26.3 Å². The Morgan fingerprint density at radius 3 is 2.55 bits per heavy atom. The van der Waals surface area contributed by atoms with E-state index >= 15 is 0 Å². The summed E-state index contributed by atoms with van der Waals surface area (Å²) in [7, 11) is 0. The maximum Gasteiger partial charge on any atom is 0.163 e. The van der Waals surface area contributed by atoms with Gasteiger partial charge in [0.15, 0.2) is 5.78 Å². The number of Topliss-reactive ketones (excluding diaryl/α,β-unsaturated/α-hetero) is 1. The smallest absolute Gasteiger partial charge is 0.163 e. The number of ether oxygens (including phenoxy) is 1. The highest BCUT2D eigenvalue weighted by Gasteiger charge is 2.10. The molecular weight excluding hydrogens is 330 g/mol. The van der Waals surface area contributed by atoms with Crippen molar-refractivity contribution in [3.8, 4) is 5.75 Å².